The summed E-state index contributed by atoms with van der Waals surface area (Å²) < 4.78 is 19.7. The van der Waals surface area contributed by atoms with Gasteiger partial charge in [-0.15, -0.1) is 0 Å². The van der Waals surface area contributed by atoms with Gasteiger partial charge in [-0.3, -0.25) is 14.9 Å². The van der Waals surface area contributed by atoms with Crippen LogP contribution in [0.4, 0.5) is 4.39 Å². The van der Waals surface area contributed by atoms with Crippen molar-refractivity contribution in [2.75, 3.05) is 13.2 Å². The van der Waals surface area contributed by atoms with Gasteiger partial charge in [-0.25, -0.2) is 4.39 Å². The predicted octanol–water partition coefficient (Wildman–Crippen LogP) is 5.06. The van der Waals surface area contributed by atoms with Gasteiger partial charge in [0.15, 0.2) is 0 Å². The predicted molar refractivity (Wildman–Crippen MR) is 133 cm³/mol. The van der Waals surface area contributed by atoms with Crippen molar-refractivity contribution in [1.82, 2.24) is 20.1 Å². The van der Waals surface area contributed by atoms with E-state index in [-0.39, 0.29) is 18.3 Å². The maximum atomic E-state index is 13.8. The number of aliphatic hydroxyl groups is 1. The molecular weight excluding hydrogens is 447 g/mol. The number of carbonyl (C=O) groups excluding carboxylic acids is 1. The van der Waals surface area contributed by atoms with E-state index in [1.54, 1.807) is 54.5 Å². The number of aryl methyl sites for hydroxylation is 1. The van der Waals surface area contributed by atoms with Crippen LogP contribution in [-0.4, -0.2) is 50.4 Å². The zero-order valence-electron chi connectivity index (χ0n) is 20.2. The first-order valence-electron chi connectivity index (χ1n) is 11.6. The van der Waals surface area contributed by atoms with Gasteiger partial charge < -0.3 is 14.7 Å². The Hall–Kier alpha value is -3.78. The van der Waals surface area contributed by atoms with E-state index in [2.05, 4.69) is 15.2 Å². The van der Waals surface area contributed by atoms with Crippen molar-refractivity contribution in [2.45, 2.75) is 39.8 Å². The van der Waals surface area contributed by atoms with Crippen LogP contribution in [0.25, 0.3) is 22.0 Å². The molecule has 0 bridgehead atoms. The zero-order valence-corrected chi connectivity index (χ0v) is 20.2. The number of hydrogen-bond acceptors (Lipinski definition) is 5. The number of hydrogen-bond donors (Lipinski definition) is 2. The molecule has 2 aromatic carbocycles. The summed E-state index contributed by atoms with van der Waals surface area (Å²) in [7, 11) is 0. The molecule has 0 saturated carbocycles. The van der Waals surface area contributed by atoms with Crippen LogP contribution in [0.15, 0.2) is 54.9 Å². The normalized spacial score (nSPS) is 13.0. The van der Waals surface area contributed by atoms with Gasteiger partial charge in [0.1, 0.15) is 11.6 Å². The summed E-state index contributed by atoms with van der Waals surface area (Å²) in [5.74, 6) is -0.126. The molecule has 0 saturated heterocycles. The molecule has 2 heterocycles. The quantitative estimate of drug-likeness (QED) is 0.371. The molecule has 2 atom stereocenters. The Morgan fingerprint density at radius 1 is 1.20 bits per heavy atom. The number of nitrogens with zero attached hydrogens (tertiary/aromatic N) is 3. The number of pyridine rings is 1. The smallest absolute Gasteiger partial charge is 0.254 e. The van der Waals surface area contributed by atoms with Crippen molar-refractivity contribution in [2.24, 2.45) is 0 Å². The summed E-state index contributed by atoms with van der Waals surface area (Å²) in [6.07, 6.45) is 2.71. The fourth-order valence-corrected chi connectivity index (χ4v) is 4.26. The number of fused-ring (bicyclic) bond motifs is 1. The van der Waals surface area contributed by atoms with E-state index in [0.717, 1.165) is 22.2 Å². The minimum Gasteiger partial charge on any atom is -0.493 e. The number of rotatable bonds is 8. The highest BCUT2D eigenvalue weighted by Crippen LogP contribution is 2.34. The SMILES string of the molecule is CCOc1cc(C(=O)N(C[C@@H](C)O)[C@H](C)c2cnc(C)c3cn[nH]c23)ccc1-c1cccc(F)c1. The molecule has 7 nitrogen and oxygen atoms in total. The van der Waals surface area contributed by atoms with Crippen LogP contribution in [0.3, 0.4) is 0 Å². The number of halogens is 1. The minimum atomic E-state index is -0.741. The van der Waals surface area contributed by atoms with Gasteiger partial charge in [0.2, 0.25) is 0 Å². The molecule has 0 aliphatic carbocycles. The Morgan fingerprint density at radius 3 is 2.71 bits per heavy atom. The molecule has 0 aliphatic heterocycles. The molecule has 1 amide bonds. The molecule has 182 valence electrons. The summed E-state index contributed by atoms with van der Waals surface area (Å²) >= 11 is 0. The molecule has 0 aliphatic rings. The van der Waals surface area contributed by atoms with Gasteiger partial charge in [0.05, 0.1) is 30.5 Å². The van der Waals surface area contributed by atoms with Crippen LogP contribution < -0.4 is 4.74 Å². The minimum absolute atomic E-state index is 0.124. The van der Waals surface area contributed by atoms with Crippen LogP contribution in [0.1, 0.15) is 48.4 Å². The van der Waals surface area contributed by atoms with Crippen molar-refractivity contribution in [3.63, 3.8) is 0 Å². The second kappa shape index (κ2) is 10.2. The standard InChI is InChI=1S/C27H29FN4O3/c1-5-35-25-12-20(9-10-22(25)19-7-6-8-21(28)11-19)27(34)32(15-16(2)33)18(4)24-13-29-17(3)23-14-30-31-26(23)24/h6-14,16,18,33H,5,15H2,1-4H3,(H,30,31)/t16-,18-/m1/s1. The van der Waals surface area contributed by atoms with Crippen LogP contribution in [0.5, 0.6) is 5.75 Å². The van der Waals surface area contributed by atoms with Crippen LogP contribution in [-0.2, 0) is 0 Å². The Balaban J connectivity index is 1.74. The molecule has 2 N–H and O–H groups in total. The molecule has 0 spiro atoms. The van der Waals surface area contributed by atoms with Gasteiger partial charge in [-0.1, -0.05) is 12.1 Å². The lowest BCUT2D eigenvalue weighted by Crippen LogP contribution is -2.38. The van der Waals surface area contributed by atoms with E-state index in [1.807, 2.05) is 20.8 Å². The van der Waals surface area contributed by atoms with E-state index < -0.39 is 12.1 Å². The first kappa shape index (κ1) is 24.3. The van der Waals surface area contributed by atoms with Gasteiger partial charge in [0.25, 0.3) is 5.91 Å². The molecule has 0 fully saturated rings. The van der Waals surface area contributed by atoms with Gasteiger partial charge in [-0.05, 0) is 63.6 Å². The lowest BCUT2D eigenvalue weighted by Gasteiger charge is -2.31. The Labute approximate surface area is 203 Å². The number of benzene rings is 2. The number of aromatic nitrogens is 3. The topological polar surface area (TPSA) is 91.3 Å². The molecule has 35 heavy (non-hydrogen) atoms. The number of amides is 1. The Kier molecular flexibility index (Phi) is 7.12. The summed E-state index contributed by atoms with van der Waals surface area (Å²) in [6.45, 7) is 7.81. The first-order valence-corrected chi connectivity index (χ1v) is 11.6. The molecular formula is C27H29FN4O3. The third kappa shape index (κ3) is 5.02. The Bertz CT molecular complexity index is 1350. The van der Waals surface area contributed by atoms with E-state index in [0.29, 0.717) is 29.0 Å². The molecule has 8 heteroatoms. The van der Waals surface area contributed by atoms with Crippen molar-refractivity contribution in [3.8, 4) is 16.9 Å². The van der Waals surface area contributed by atoms with E-state index in [9.17, 15) is 14.3 Å². The van der Waals surface area contributed by atoms with E-state index >= 15 is 0 Å². The highest BCUT2D eigenvalue weighted by Gasteiger charge is 2.27. The summed E-state index contributed by atoms with van der Waals surface area (Å²) in [4.78, 5) is 19.8. The maximum Gasteiger partial charge on any atom is 0.254 e. The van der Waals surface area contributed by atoms with Gasteiger partial charge >= 0.3 is 0 Å². The fourth-order valence-electron chi connectivity index (χ4n) is 4.26. The second-order valence-corrected chi connectivity index (χ2v) is 8.59. The summed E-state index contributed by atoms with van der Waals surface area (Å²) in [5.41, 5.74) is 4.21. The highest BCUT2D eigenvalue weighted by molar-refractivity contribution is 5.96. The third-order valence-electron chi connectivity index (χ3n) is 6.02. The highest BCUT2D eigenvalue weighted by atomic mass is 19.1. The molecule has 4 rings (SSSR count). The lowest BCUT2D eigenvalue weighted by atomic mass is 10.0. The number of aromatic amines is 1. The van der Waals surface area contributed by atoms with Gasteiger partial charge in [-0.2, -0.15) is 5.10 Å². The van der Waals surface area contributed by atoms with Crippen molar-refractivity contribution >= 4 is 16.8 Å². The van der Waals surface area contributed by atoms with Crippen molar-refractivity contribution < 1.29 is 19.0 Å². The fraction of sp³-hybridized carbons (Fsp3) is 0.296. The van der Waals surface area contributed by atoms with Gasteiger partial charge in [0, 0.05) is 40.5 Å². The monoisotopic (exact) mass is 476 g/mol. The van der Waals surface area contributed by atoms with E-state index in [4.69, 9.17) is 4.74 Å². The molecule has 0 radical (unpaired) electrons. The van der Waals surface area contributed by atoms with E-state index in [1.165, 1.54) is 12.1 Å². The third-order valence-corrected chi connectivity index (χ3v) is 6.02. The average Bonchev–Trinajstić information content (AvgIpc) is 3.33. The summed E-state index contributed by atoms with van der Waals surface area (Å²) in [6, 6.07) is 11.0. The van der Waals surface area contributed by atoms with Crippen molar-refractivity contribution in [1.29, 1.82) is 0 Å². The van der Waals surface area contributed by atoms with Crippen LogP contribution in [0.2, 0.25) is 0 Å². The zero-order chi connectivity index (χ0) is 25.1. The average molecular weight is 477 g/mol. The number of H-pyrrole nitrogens is 1. The van der Waals surface area contributed by atoms with Crippen molar-refractivity contribution in [3.05, 3.63) is 77.5 Å². The van der Waals surface area contributed by atoms with Crippen LogP contribution in [0, 0.1) is 12.7 Å². The maximum absolute atomic E-state index is 13.8. The first-order chi connectivity index (χ1) is 16.8. The Morgan fingerprint density at radius 2 is 2.00 bits per heavy atom. The molecule has 0 unspecified atom stereocenters. The lowest BCUT2D eigenvalue weighted by molar-refractivity contribution is 0.0559. The number of ether oxygens (including phenoxy) is 1. The number of carbonyl (C=O) groups is 1. The number of nitrogens with one attached hydrogen (secondary N) is 1. The second-order valence-electron chi connectivity index (χ2n) is 8.59. The summed E-state index contributed by atoms with van der Waals surface area (Å²) in [5, 5.41) is 18.2. The molecule has 2 aromatic heterocycles. The largest absolute Gasteiger partial charge is 0.493 e. The van der Waals surface area contributed by atoms with Crippen LogP contribution >= 0.6 is 0 Å². The molecule has 4 aromatic rings. The number of aliphatic hydroxyl groups excluding tert-OH is 1.